The summed E-state index contributed by atoms with van der Waals surface area (Å²) in [5.41, 5.74) is 0.720. The van der Waals surface area contributed by atoms with Crippen molar-refractivity contribution in [2.24, 2.45) is 0 Å². The molecule has 7 heteroatoms. The molecule has 116 valence electrons. The second-order valence-electron chi connectivity index (χ2n) is 4.58. The second kappa shape index (κ2) is 7.22. The molecule has 2 rings (SSSR count). The molecule has 2 amide bonds. The van der Waals surface area contributed by atoms with Crippen LogP contribution in [0.25, 0.3) is 0 Å². The molecule has 0 bridgehead atoms. The summed E-state index contributed by atoms with van der Waals surface area (Å²) >= 11 is 3.10. The molecular weight excluding hydrogens is 355 g/mol. The standard InChI is InChI=1S/C15H14BrFN2O3/c1-9-2-3-10(8-11(9)17)14(20)18-6-7-19-15(21)12-4-5-13(16)22-12/h2-5,8H,6-7H2,1H3,(H,18,20)(H,19,21). The fourth-order valence-corrected chi connectivity index (χ4v) is 2.02. The summed E-state index contributed by atoms with van der Waals surface area (Å²) in [5, 5.41) is 5.19. The van der Waals surface area contributed by atoms with E-state index in [0.717, 1.165) is 0 Å². The number of halogens is 2. The lowest BCUT2D eigenvalue weighted by Crippen LogP contribution is -2.34. The Kier molecular flexibility index (Phi) is 5.32. The van der Waals surface area contributed by atoms with E-state index in [-0.39, 0.29) is 30.3 Å². The SMILES string of the molecule is Cc1ccc(C(=O)NCCNC(=O)c2ccc(Br)o2)cc1F. The average Bonchev–Trinajstić information content (AvgIpc) is 2.92. The zero-order valence-corrected chi connectivity index (χ0v) is 13.4. The molecule has 0 saturated heterocycles. The number of carbonyl (C=O) groups is 2. The van der Waals surface area contributed by atoms with Crippen molar-refractivity contribution in [1.29, 1.82) is 0 Å². The highest BCUT2D eigenvalue weighted by Gasteiger charge is 2.10. The zero-order valence-electron chi connectivity index (χ0n) is 11.8. The van der Waals surface area contributed by atoms with Gasteiger partial charge in [0.15, 0.2) is 10.4 Å². The second-order valence-corrected chi connectivity index (χ2v) is 5.36. The van der Waals surface area contributed by atoms with Gasteiger partial charge in [0.1, 0.15) is 5.82 Å². The first-order chi connectivity index (χ1) is 10.5. The van der Waals surface area contributed by atoms with Crippen LogP contribution in [0.4, 0.5) is 4.39 Å². The fraction of sp³-hybridized carbons (Fsp3) is 0.200. The molecule has 0 atom stereocenters. The summed E-state index contributed by atoms with van der Waals surface area (Å²) in [5.74, 6) is -1.02. The monoisotopic (exact) mass is 368 g/mol. The Hall–Kier alpha value is -2.15. The van der Waals surface area contributed by atoms with Gasteiger partial charge in [0.05, 0.1) is 0 Å². The lowest BCUT2D eigenvalue weighted by molar-refractivity contribution is 0.0909. The van der Waals surface area contributed by atoms with E-state index < -0.39 is 11.7 Å². The third-order valence-corrected chi connectivity index (χ3v) is 3.35. The average molecular weight is 369 g/mol. The Morgan fingerprint density at radius 3 is 2.41 bits per heavy atom. The number of rotatable bonds is 5. The Balaban J connectivity index is 1.77. The Labute approximate surface area is 135 Å². The summed E-state index contributed by atoms with van der Waals surface area (Å²) in [6, 6.07) is 7.42. The minimum absolute atomic E-state index is 0.179. The van der Waals surface area contributed by atoms with Crippen LogP contribution < -0.4 is 10.6 Å². The lowest BCUT2D eigenvalue weighted by atomic mass is 10.1. The van der Waals surface area contributed by atoms with Gasteiger partial charge in [-0.2, -0.15) is 0 Å². The van der Waals surface area contributed by atoms with Crippen LogP contribution in [0.15, 0.2) is 39.4 Å². The largest absolute Gasteiger partial charge is 0.444 e. The highest BCUT2D eigenvalue weighted by molar-refractivity contribution is 9.10. The van der Waals surface area contributed by atoms with Crippen LogP contribution in [0.3, 0.4) is 0 Å². The molecule has 2 N–H and O–H groups in total. The molecule has 0 aliphatic heterocycles. The number of nitrogens with one attached hydrogen (secondary N) is 2. The van der Waals surface area contributed by atoms with Crippen molar-refractivity contribution >= 4 is 27.7 Å². The van der Waals surface area contributed by atoms with E-state index in [1.54, 1.807) is 25.1 Å². The zero-order chi connectivity index (χ0) is 16.1. The molecule has 2 aromatic rings. The van der Waals surface area contributed by atoms with Gasteiger partial charge < -0.3 is 15.1 Å². The molecule has 0 saturated carbocycles. The van der Waals surface area contributed by atoms with Gasteiger partial charge in [0.2, 0.25) is 0 Å². The smallest absolute Gasteiger partial charge is 0.287 e. The summed E-state index contributed by atoms with van der Waals surface area (Å²) in [6.07, 6.45) is 0. The molecule has 1 aromatic heterocycles. The van der Waals surface area contributed by atoms with Crippen molar-refractivity contribution in [3.63, 3.8) is 0 Å². The third kappa shape index (κ3) is 4.17. The summed E-state index contributed by atoms with van der Waals surface area (Å²) in [4.78, 5) is 23.5. The van der Waals surface area contributed by atoms with Gasteiger partial charge in [-0.1, -0.05) is 6.07 Å². The van der Waals surface area contributed by atoms with Crippen LogP contribution in [0.5, 0.6) is 0 Å². The van der Waals surface area contributed by atoms with Gasteiger partial charge in [-0.25, -0.2) is 4.39 Å². The van der Waals surface area contributed by atoms with E-state index in [1.807, 2.05) is 0 Å². The van der Waals surface area contributed by atoms with Crippen LogP contribution in [-0.2, 0) is 0 Å². The Bertz CT molecular complexity index is 700. The number of carbonyl (C=O) groups excluding carboxylic acids is 2. The van der Waals surface area contributed by atoms with E-state index in [2.05, 4.69) is 26.6 Å². The minimum Gasteiger partial charge on any atom is -0.444 e. The number of hydrogen-bond acceptors (Lipinski definition) is 3. The molecule has 0 fully saturated rings. The van der Waals surface area contributed by atoms with Gasteiger partial charge >= 0.3 is 0 Å². The van der Waals surface area contributed by atoms with E-state index in [4.69, 9.17) is 4.42 Å². The van der Waals surface area contributed by atoms with Gasteiger partial charge in [0, 0.05) is 18.7 Å². The predicted molar refractivity (Wildman–Crippen MR) is 82.2 cm³/mol. The molecule has 0 aliphatic rings. The van der Waals surface area contributed by atoms with Crippen molar-refractivity contribution in [3.05, 3.63) is 57.7 Å². The fourth-order valence-electron chi connectivity index (χ4n) is 1.71. The molecule has 0 aliphatic carbocycles. The van der Waals surface area contributed by atoms with Crippen molar-refractivity contribution in [2.45, 2.75) is 6.92 Å². The van der Waals surface area contributed by atoms with Crippen molar-refractivity contribution in [3.8, 4) is 0 Å². The van der Waals surface area contributed by atoms with Gasteiger partial charge in [-0.3, -0.25) is 9.59 Å². The van der Waals surface area contributed by atoms with Gasteiger partial charge in [0.25, 0.3) is 11.8 Å². The van der Waals surface area contributed by atoms with Crippen molar-refractivity contribution in [2.75, 3.05) is 13.1 Å². The number of amides is 2. The number of furan rings is 1. The van der Waals surface area contributed by atoms with E-state index in [1.165, 1.54) is 12.1 Å². The number of benzene rings is 1. The molecule has 22 heavy (non-hydrogen) atoms. The maximum absolute atomic E-state index is 13.4. The van der Waals surface area contributed by atoms with Gasteiger partial charge in [-0.05, 0) is 52.7 Å². The third-order valence-electron chi connectivity index (χ3n) is 2.93. The molecule has 0 spiro atoms. The lowest BCUT2D eigenvalue weighted by Gasteiger charge is -2.07. The molecule has 1 aromatic carbocycles. The van der Waals surface area contributed by atoms with Crippen LogP contribution in [-0.4, -0.2) is 24.9 Å². The van der Waals surface area contributed by atoms with E-state index in [9.17, 15) is 14.0 Å². The van der Waals surface area contributed by atoms with Crippen LogP contribution in [0.1, 0.15) is 26.5 Å². The summed E-state index contributed by atoms with van der Waals surface area (Å²) in [6.45, 7) is 2.08. The highest BCUT2D eigenvalue weighted by atomic mass is 79.9. The van der Waals surface area contributed by atoms with Crippen LogP contribution >= 0.6 is 15.9 Å². The van der Waals surface area contributed by atoms with Crippen molar-refractivity contribution in [1.82, 2.24) is 10.6 Å². The molecule has 5 nitrogen and oxygen atoms in total. The maximum atomic E-state index is 13.4. The molecule has 0 radical (unpaired) electrons. The summed E-state index contributed by atoms with van der Waals surface area (Å²) in [7, 11) is 0. The van der Waals surface area contributed by atoms with Gasteiger partial charge in [-0.15, -0.1) is 0 Å². The molecule has 0 unspecified atom stereocenters. The number of hydrogen-bond donors (Lipinski definition) is 2. The first-order valence-electron chi connectivity index (χ1n) is 6.55. The topological polar surface area (TPSA) is 71.3 Å². The molecular formula is C15H14BrFN2O3. The first-order valence-corrected chi connectivity index (χ1v) is 7.34. The van der Waals surface area contributed by atoms with E-state index >= 15 is 0 Å². The normalized spacial score (nSPS) is 10.3. The Morgan fingerprint density at radius 2 is 1.82 bits per heavy atom. The summed E-state index contributed by atoms with van der Waals surface area (Å²) < 4.78 is 18.9. The van der Waals surface area contributed by atoms with Crippen LogP contribution in [0.2, 0.25) is 0 Å². The number of aryl methyl sites for hydroxylation is 1. The quantitative estimate of drug-likeness (QED) is 0.796. The first kappa shape index (κ1) is 16.2. The van der Waals surface area contributed by atoms with Crippen LogP contribution in [0, 0.1) is 12.7 Å². The minimum atomic E-state index is -0.427. The highest BCUT2D eigenvalue weighted by Crippen LogP contribution is 2.13. The Morgan fingerprint density at radius 1 is 1.14 bits per heavy atom. The maximum Gasteiger partial charge on any atom is 0.287 e. The molecule has 1 heterocycles. The predicted octanol–water partition coefficient (Wildman–Crippen LogP) is 2.65. The van der Waals surface area contributed by atoms with Crippen molar-refractivity contribution < 1.29 is 18.4 Å². The van der Waals surface area contributed by atoms with E-state index in [0.29, 0.717) is 10.2 Å².